The first-order valence-electron chi connectivity index (χ1n) is 12.2. The Bertz CT molecular complexity index is 1070. The van der Waals surface area contributed by atoms with Gasteiger partial charge in [-0.2, -0.15) is 13.2 Å². The highest BCUT2D eigenvalue weighted by Gasteiger charge is 2.44. The van der Waals surface area contributed by atoms with Crippen LogP contribution in [0.3, 0.4) is 0 Å². The van der Waals surface area contributed by atoms with Crippen molar-refractivity contribution in [1.29, 1.82) is 0 Å². The van der Waals surface area contributed by atoms with E-state index in [9.17, 15) is 18.0 Å². The van der Waals surface area contributed by atoms with E-state index in [1.807, 2.05) is 20.8 Å². The third-order valence-corrected chi connectivity index (χ3v) is 7.08. The van der Waals surface area contributed by atoms with Crippen LogP contribution in [0.2, 0.25) is 0 Å². The van der Waals surface area contributed by atoms with Crippen LogP contribution in [0.5, 0.6) is 0 Å². The second kappa shape index (κ2) is 8.84. The highest BCUT2D eigenvalue weighted by Crippen LogP contribution is 2.47. The van der Waals surface area contributed by atoms with Crippen molar-refractivity contribution in [1.82, 2.24) is 10.1 Å². The fraction of sp³-hybridized carbons (Fsp3) is 0.615. The number of carbonyl (C=O) groups is 1. The van der Waals surface area contributed by atoms with Crippen LogP contribution >= 0.6 is 0 Å². The van der Waals surface area contributed by atoms with Crippen molar-refractivity contribution < 1.29 is 32.0 Å². The monoisotopic (exact) mass is 492 g/mol. The highest BCUT2D eigenvalue weighted by molar-refractivity contribution is 5.69. The fourth-order valence-electron chi connectivity index (χ4n) is 5.33. The molecular weight excluding hydrogens is 461 g/mol. The molecule has 1 saturated heterocycles. The molecule has 9 heteroatoms. The maximum atomic E-state index is 13.7. The molecule has 2 heterocycles. The quantitative estimate of drug-likeness (QED) is 0.483. The number of fused-ring (bicyclic) bond motifs is 1. The number of carbonyl (C=O) groups excluding carboxylic acids is 1. The number of halogens is 3. The van der Waals surface area contributed by atoms with Gasteiger partial charge in [0, 0.05) is 30.1 Å². The summed E-state index contributed by atoms with van der Waals surface area (Å²) in [4.78, 5) is 14.2. The van der Waals surface area contributed by atoms with Crippen LogP contribution in [0.1, 0.15) is 69.3 Å². The molecule has 2 aromatic rings. The predicted octanol–water partition coefficient (Wildman–Crippen LogP) is 6.40. The molecule has 3 aliphatic rings. The summed E-state index contributed by atoms with van der Waals surface area (Å²) >= 11 is 0. The van der Waals surface area contributed by atoms with E-state index in [1.54, 1.807) is 11.0 Å². The van der Waals surface area contributed by atoms with Gasteiger partial charge in [0.1, 0.15) is 17.1 Å². The molecule has 190 valence electrons. The maximum absolute atomic E-state index is 13.7. The third-order valence-electron chi connectivity index (χ3n) is 7.08. The summed E-state index contributed by atoms with van der Waals surface area (Å²) in [6, 6.07) is 5.46. The summed E-state index contributed by atoms with van der Waals surface area (Å²) in [6.45, 7) is 7.01. The lowest BCUT2D eigenvalue weighted by Crippen LogP contribution is -2.36. The van der Waals surface area contributed by atoms with Crippen molar-refractivity contribution in [2.75, 3.05) is 13.1 Å². The number of alkyl halides is 3. The molecule has 1 aromatic heterocycles. The van der Waals surface area contributed by atoms with Crippen LogP contribution in [0.25, 0.3) is 11.3 Å². The Labute approximate surface area is 202 Å². The topological polar surface area (TPSA) is 64.8 Å². The van der Waals surface area contributed by atoms with Gasteiger partial charge in [0.15, 0.2) is 0 Å². The Morgan fingerprint density at radius 1 is 1.11 bits per heavy atom. The lowest BCUT2D eigenvalue weighted by atomic mass is 9.99. The van der Waals surface area contributed by atoms with Crippen LogP contribution in [0, 0.1) is 11.8 Å². The summed E-state index contributed by atoms with van der Waals surface area (Å²) in [7, 11) is 0. The van der Waals surface area contributed by atoms with E-state index >= 15 is 0 Å². The number of aromatic nitrogens is 1. The van der Waals surface area contributed by atoms with Gasteiger partial charge < -0.3 is 18.9 Å². The molecule has 0 spiro atoms. The van der Waals surface area contributed by atoms with Crippen molar-refractivity contribution in [2.24, 2.45) is 11.8 Å². The average molecular weight is 493 g/mol. The standard InChI is InChI=1S/C26H31F3N2O4/c1-25(2,3)34-24(32)31-12-16-10-18(11-17(16)13-31)33-14-20-22(30-35-23(20)15-8-9-15)19-6-4-5-7-21(19)26(27,28)29/h4-7,15-18H,8-14H2,1-3H3/t16-,17+,18?. The number of likely N-dealkylation sites (tertiary alicyclic amines) is 1. The molecular formula is C26H31F3N2O4. The molecule has 0 N–H and O–H groups in total. The molecule has 6 nitrogen and oxygen atoms in total. The molecule has 3 atom stereocenters. The van der Waals surface area contributed by atoms with E-state index in [0.29, 0.717) is 36.2 Å². The Hall–Kier alpha value is -2.55. The molecule has 2 saturated carbocycles. The van der Waals surface area contributed by atoms with Gasteiger partial charge in [0.2, 0.25) is 0 Å². The number of hydrogen-bond acceptors (Lipinski definition) is 5. The Balaban J connectivity index is 1.27. The van der Waals surface area contributed by atoms with Gasteiger partial charge in [-0.25, -0.2) is 4.79 Å². The number of rotatable bonds is 5. The minimum atomic E-state index is -4.49. The highest BCUT2D eigenvalue weighted by atomic mass is 19.4. The van der Waals surface area contributed by atoms with Crippen molar-refractivity contribution in [3.63, 3.8) is 0 Å². The molecule has 1 aliphatic heterocycles. The zero-order valence-electron chi connectivity index (χ0n) is 20.2. The lowest BCUT2D eigenvalue weighted by Gasteiger charge is -2.25. The first kappa shape index (κ1) is 24.2. The Kier molecular flexibility index (Phi) is 6.10. The molecule has 0 bridgehead atoms. The van der Waals surface area contributed by atoms with Gasteiger partial charge >= 0.3 is 12.3 Å². The summed E-state index contributed by atoms with van der Waals surface area (Å²) in [5, 5.41) is 4.07. The van der Waals surface area contributed by atoms with Crippen molar-refractivity contribution in [3.05, 3.63) is 41.2 Å². The van der Waals surface area contributed by atoms with Crippen molar-refractivity contribution in [2.45, 2.75) is 76.9 Å². The average Bonchev–Trinajstić information content (AvgIpc) is 3.22. The Morgan fingerprint density at radius 3 is 2.37 bits per heavy atom. The molecule has 35 heavy (non-hydrogen) atoms. The molecule has 1 amide bonds. The molecule has 3 fully saturated rings. The zero-order chi connectivity index (χ0) is 25.0. The lowest BCUT2D eigenvalue weighted by molar-refractivity contribution is -0.137. The van der Waals surface area contributed by atoms with E-state index in [-0.39, 0.29) is 36.0 Å². The van der Waals surface area contributed by atoms with Crippen molar-refractivity contribution in [3.8, 4) is 11.3 Å². The number of benzene rings is 1. The van der Waals surface area contributed by atoms with Gasteiger partial charge in [-0.1, -0.05) is 23.4 Å². The van der Waals surface area contributed by atoms with Crippen LogP contribution in [0.15, 0.2) is 28.8 Å². The summed E-state index contributed by atoms with van der Waals surface area (Å²) in [5.74, 6) is 1.51. The van der Waals surface area contributed by atoms with Crippen LogP contribution in [-0.4, -0.2) is 40.9 Å². The van der Waals surface area contributed by atoms with Crippen LogP contribution < -0.4 is 0 Å². The van der Waals surface area contributed by atoms with Gasteiger partial charge in [-0.15, -0.1) is 0 Å². The molecule has 0 radical (unpaired) electrons. The molecule has 5 rings (SSSR count). The van der Waals surface area contributed by atoms with Gasteiger partial charge in [-0.05, 0) is 64.4 Å². The number of ether oxygens (including phenoxy) is 2. The first-order chi connectivity index (χ1) is 16.5. The van der Waals surface area contributed by atoms with Gasteiger partial charge in [0.25, 0.3) is 0 Å². The SMILES string of the molecule is CC(C)(C)OC(=O)N1C[C@H]2CC(OCc3c(-c4ccccc4C(F)(F)F)noc3C3CC3)C[C@H]2C1. The normalized spacial score (nSPS) is 24.6. The van der Waals surface area contributed by atoms with E-state index in [1.165, 1.54) is 12.1 Å². The minimum Gasteiger partial charge on any atom is -0.444 e. The van der Waals surface area contributed by atoms with Crippen molar-refractivity contribution >= 4 is 6.09 Å². The number of amides is 1. The smallest absolute Gasteiger partial charge is 0.417 e. The van der Waals surface area contributed by atoms with Gasteiger partial charge in [-0.3, -0.25) is 0 Å². The molecule has 2 aliphatic carbocycles. The summed E-state index contributed by atoms with van der Waals surface area (Å²) in [6.07, 6.45) is -1.29. The van der Waals surface area contributed by atoms with E-state index in [2.05, 4.69) is 5.16 Å². The predicted molar refractivity (Wildman–Crippen MR) is 122 cm³/mol. The van der Waals surface area contributed by atoms with Gasteiger partial charge in [0.05, 0.1) is 18.3 Å². The third kappa shape index (κ3) is 5.20. The second-order valence-corrected chi connectivity index (χ2v) is 11.0. The number of hydrogen-bond donors (Lipinski definition) is 0. The largest absolute Gasteiger partial charge is 0.444 e. The Morgan fingerprint density at radius 2 is 1.77 bits per heavy atom. The molecule has 1 unspecified atom stereocenters. The first-order valence-corrected chi connectivity index (χ1v) is 12.2. The molecule has 1 aromatic carbocycles. The van der Waals surface area contributed by atoms with E-state index < -0.39 is 17.3 Å². The fourth-order valence-corrected chi connectivity index (χ4v) is 5.33. The second-order valence-electron chi connectivity index (χ2n) is 11.0. The van der Waals surface area contributed by atoms with Crippen LogP contribution in [-0.2, 0) is 22.3 Å². The number of nitrogens with zero attached hydrogens (tertiary/aromatic N) is 2. The van der Waals surface area contributed by atoms with E-state index in [4.69, 9.17) is 14.0 Å². The summed E-state index contributed by atoms with van der Waals surface area (Å²) in [5.41, 5.74) is -0.397. The van der Waals surface area contributed by atoms with Crippen LogP contribution in [0.4, 0.5) is 18.0 Å². The maximum Gasteiger partial charge on any atom is 0.417 e. The zero-order valence-corrected chi connectivity index (χ0v) is 20.2. The summed E-state index contributed by atoms with van der Waals surface area (Å²) < 4.78 is 58.3. The van der Waals surface area contributed by atoms with E-state index in [0.717, 1.165) is 31.7 Å². The minimum absolute atomic E-state index is 0.0153.